The van der Waals surface area contributed by atoms with Crippen LogP contribution in [0.1, 0.15) is 142 Å². The molecular formula is C45H78NO9P. The van der Waals surface area contributed by atoms with E-state index in [1.165, 1.54) is 51.4 Å². The Labute approximate surface area is 341 Å². The van der Waals surface area contributed by atoms with Gasteiger partial charge in [-0.15, -0.1) is 0 Å². The summed E-state index contributed by atoms with van der Waals surface area (Å²) in [6.07, 6.45) is 41.2. The minimum Gasteiger partial charge on any atom is -0.756 e. The number of hydrogen-bond acceptors (Lipinski definition) is 9. The molecule has 0 saturated carbocycles. The summed E-state index contributed by atoms with van der Waals surface area (Å²) in [4.78, 5) is 37.4. The van der Waals surface area contributed by atoms with Gasteiger partial charge < -0.3 is 33.0 Å². The van der Waals surface area contributed by atoms with Crippen LogP contribution < -0.4 is 4.89 Å². The van der Waals surface area contributed by atoms with Crippen LogP contribution in [0.5, 0.6) is 0 Å². The number of aliphatic hydroxyl groups is 1. The van der Waals surface area contributed by atoms with Crippen LogP contribution in [0.2, 0.25) is 0 Å². The molecule has 0 aromatic rings. The smallest absolute Gasteiger partial charge is 0.306 e. The fourth-order valence-electron chi connectivity index (χ4n) is 5.23. The number of nitrogens with zero attached hydrogens (tertiary/aromatic N) is 1. The molecule has 0 bridgehead atoms. The molecule has 0 heterocycles. The van der Waals surface area contributed by atoms with Crippen molar-refractivity contribution in [2.45, 2.75) is 154 Å². The summed E-state index contributed by atoms with van der Waals surface area (Å²) in [5.41, 5.74) is 0. The van der Waals surface area contributed by atoms with E-state index in [-0.39, 0.29) is 26.1 Å². The van der Waals surface area contributed by atoms with Crippen LogP contribution in [0.4, 0.5) is 0 Å². The second-order valence-electron chi connectivity index (χ2n) is 15.2. The minimum absolute atomic E-state index is 0.0561. The van der Waals surface area contributed by atoms with Gasteiger partial charge in [-0.25, -0.2) is 0 Å². The molecule has 0 aliphatic carbocycles. The molecule has 2 unspecified atom stereocenters. The van der Waals surface area contributed by atoms with Crippen LogP contribution in [-0.4, -0.2) is 81.2 Å². The van der Waals surface area contributed by atoms with E-state index < -0.39 is 38.6 Å². The molecule has 0 rings (SSSR count). The van der Waals surface area contributed by atoms with Gasteiger partial charge in [0.1, 0.15) is 19.8 Å². The SMILES string of the molecule is CC/C=C\C/C=C\CC(O)/C=C/C=C\C/C=C\C/C=C\CCC(=O)O[C@H](COC(=O)CCCCCCCCCCCCCC)COP(=O)([O-])OCC[N+](C)(C)C. The number of phosphoric ester groups is 1. The number of carbonyl (C=O) groups is 2. The highest BCUT2D eigenvalue weighted by molar-refractivity contribution is 7.45. The van der Waals surface area contributed by atoms with Crippen molar-refractivity contribution >= 4 is 19.8 Å². The summed E-state index contributed by atoms with van der Waals surface area (Å²) in [5, 5.41) is 10.0. The monoisotopic (exact) mass is 808 g/mol. The van der Waals surface area contributed by atoms with Crippen molar-refractivity contribution in [3.8, 4) is 0 Å². The van der Waals surface area contributed by atoms with E-state index in [9.17, 15) is 24.2 Å². The molecule has 11 heteroatoms. The van der Waals surface area contributed by atoms with Gasteiger partial charge in [0.25, 0.3) is 7.82 Å². The lowest BCUT2D eigenvalue weighted by atomic mass is 10.0. The van der Waals surface area contributed by atoms with Crippen molar-refractivity contribution in [3.63, 3.8) is 0 Å². The Kier molecular flexibility index (Phi) is 35.0. The van der Waals surface area contributed by atoms with Gasteiger partial charge in [0.15, 0.2) is 6.10 Å². The number of carbonyl (C=O) groups excluding carboxylic acids is 2. The van der Waals surface area contributed by atoms with E-state index in [2.05, 4.69) is 32.1 Å². The molecule has 0 amide bonds. The normalized spacial score (nSPS) is 14.9. The maximum Gasteiger partial charge on any atom is 0.306 e. The number of quaternary nitrogens is 1. The third-order valence-corrected chi connectivity index (χ3v) is 9.55. The summed E-state index contributed by atoms with van der Waals surface area (Å²) < 4.78 is 33.7. The number of esters is 2. The molecule has 0 spiro atoms. The molecule has 0 aromatic heterocycles. The molecule has 0 aromatic carbocycles. The zero-order valence-electron chi connectivity index (χ0n) is 35.7. The Bertz CT molecular complexity index is 1200. The molecule has 3 atom stereocenters. The van der Waals surface area contributed by atoms with Gasteiger partial charge in [-0.1, -0.05) is 157 Å². The fraction of sp³-hybridized carbons (Fsp3) is 0.689. The van der Waals surface area contributed by atoms with Gasteiger partial charge in [0, 0.05) is 12.8 Å². The summed E-state index contributed by atoms with van der Waals surface area (Å²) in [6, 6.07) is 0. The highest BCUT2D eigenvalue weighted by Crippen LogP contribution is 2.38. The van der Waals surface area contributed by atoms with Crippen LogP contribution in [0.15, 0.2) is 72.9 Å². The number of aliphatic hydroxyl groups excluding tert-OH is 1. The largest absolute Gasteiger partial charge is 0.756 e. The van der Waals surface area contributed by atoms with Crippen molar-refractivity contribution in [2.24, 2.45) is 0 Å². The first kappa shape index (κ1) is 53.4. The van der Waals surface area contributed by atoms with E-state index in [0.717, 1.165) is 38.5 Å². The van der Waals surface area contributed by atoms with E-state index >= 15 is 0 Å². The lowest BCUT2D eigenvalue weighted by Crippen LogP contribution is -2.37. The third kappa shape index (κ3) is 39.6. The molecule has 56 heavy (non-hydrogen) atoms. The Morgan fingerprint density at radius 1 is 0.679 bits per heavy atom. The molecule has 1 N–H and O–H groups in total. The average molecular weight is 808 g/mol. The van der Waals surface area contributed by atoms with Gasteiger partial charge in [-0.2, -0.15) is 0 Å². The summed E-state index contributed by atoms with van der Waals surface area (Å²) in [7, 11) is 1.08. The molecule has 10 nitrogen and oxygen atoms in total. The summed E-state index contributed by atoms with van der Waals surface area (Å²) in [5.74, 6) is -0.968. The summed E-state index contributed by atoms with van der Waals surface area (Å²) in [6.45, 7) is 3.92. The number of likely N-dealkylation sites (N-methyl/N-ethyl adjacent to an activating group) is 1. The zero-order valence-corrected chi connectivity index (χ0v) is 36.6. The van der Waals surface area contributed by atoms with Crippen molar-refractivity contribution in [3.05, 3.63) is 72.9 Å². The highest BCUT2D eigenvalue weighted by atomic mass is 31.2. The quantitative estimate of drug-likeness (QED) is 0.0163. The second-order valence-corrected chi connectivity index (χ2v) is 16.6. The molecule has 0 fully saturated rings. The number of hydrogen-bond donors (Lipinski definition) is 1. The van der Waals surface area contributed by atoms with E-state index in [1.807, 2.05) is 69.8 Å². The second kappa shape index (κ2) is 36.7. The Balaban J connectivity index is 4.58. The number of allylic oxidation sites excluding steroid dienone is 10. The molecule has 0 aliphatic heterocycles. The van der Waals surface area contributed by atoms with Crippen molar-refractivity contribution in [1.29, 1.82) is 0 Å². The molecule has 0 saturated heterocycles. The Hall–Kier alpha value is -2.59. The first-order valence-corrected chi connectivity index (χ1v) is 22.7. The number of phosphoric acid groups is 1. The number of ether oxygens (including phenoxy) is 2. The summed E-state index contributed by atoms with van der Waals surface area (Å²) >= 11 is 0. The maximum absolute atomic E-state index is 12.6. The predicted molar refractivity (Wildman–Crippen MR) is 228 cm³/mol. The van der Waals surface area contributed by atoms with Gasteiger partial charge in [-0.3, -0.25) is 14.2 Å². The van der Waals surface area contributed by atoms with Gasteiger partial charge in [-0.05, 0) is 44.9 Å². The van der Waals surface area contributed by atoms with Gasteiger partial charge >= 0.3 is 11.9 Å². The molecular weight excluding hydrogens is 729 g/mol. The fourth-order valence-corrected chi connectivity index (χ4v) is 5.96. The number of rotatable bonds is 37. The van der Waals surface area contributed by atoms with E-state index in [0.29, 0.717) is 36.7 Å². The van der Waals surface area contributed by atoms with Crippen LogP contribution >= 0.6 is 7.82 Å². The van der Waals surface area contributed by atoms with Crippen LogP contribution in [0.3, 0.4) is 0 Å². The first-order chi connectivity index (χ1) is 26.9. The van der Waals surface area contributed by atoms with Gasteiger partial charge in [0.2, 0.25) is 0 Å². The lowest BCUT2D eigenvalue weighted by molar-refractivity contribution is -0.870. The Morgan fingerprint density at radius 3 is 1.88 bits per heavy atom. The minimum atomic E-state index is -4.66. The molecule has 0 aliphatic rings. The van der Waals surface area contributed by atoms with Crippen molar-refractivity contribution < 1.29 is 47.2 Å². The van der Waals surface area contributed by atoms with Crippen LogP contribution in [0, 0.1) is 0 Å². The van der Waals surface area contributed by atoms with Crippen LogP contribution in [0.25, 0.3) is 0 Å². The van der Waals surface area contributed by atoms with E-state index in [1.54, 1.807) is 6.08 Å². The predicted octanol–water partition coefficient (Wildman–Crippen LogP) is 10.2. The molecule has 322 valence electrons. The Morgan fingerprint density at radius 2 is 1.25 bits per heavy atom. The lowest BCUT2D eigenvalue weighted by Gasteiger charge is -2.28. The third-order valence-electron chi connectivity index (χ3n) is 8.58. The topological polar surface area (TPSA) is 131 Å². The maximum atomic E-state index is 12.6. The van der Waals surface area contributed by atoms with Gasteiger partial charge in [0.05, 0.1) is 33.9 Å². The number of unbranched alkanes of at least 4 members (excludes halogenated alkanes) is 11. The van der Waals surface area contributed by atoms with E-state index in [4.69, 9.17) is 18.5 Å². The van der Waals surface area contributed by atoms with Crippen molar-refractivity contribution in [1.82, 2.24) is 0 Å². The first-order valence-electron chi connectivity index (χ1n) is 21.3. The standard InChI is InChI=1S/C45H78NO9P/c1-6-8-10-12-14-15-16-17-21-24-28-32-36-44(48)52-40-43(41-54-56(50,51)53-39-38-46(3,4)5)55-45(49)37-33-29-25-22-19-18-20-23-27-31-35-42(47)34-30-26-13-11-9-7-2/h9,11,18-19,23,25-27,29-31,35,42-43,47H,6-8,10,12-17,20-22,24,28,32-34,36-41H2,1-5H3/b11-9-,19-18-,27-23-,29-25-,30-26-,35-31+/t42?,43-/m1/s1. The van der Waals surface area contributed by atoms with Crippen LogP contribution in [-0.2, 0) is 32.7 Å². The average Bonchev–Trinajstić information content (AvgIpc) is 3.14. The van der Waals surface area contributed by atoms with Crippen molar-refractivity contribution in [2.75, 3.05) is 47.5 Å². The highest BCUT2D eigenvalue weighted by Gasteiger charge is 2.21. The zero-order chi connectivity index (χ0) is 41.6. The molecule has 0 radical (unpaired) electrons.